The molecular formula is C11H12BrN3S2. The van der Waals surface area contributed by atoms with Gasteiger partial charge in [-0.25, -0.2) is 0 Å². The third-order valence-electron chi connectivity index (χ3n) is 2.28. The number of halogens is 1. The number of hydrogen-bond acceptors (Lipinski definition) is 5. The maximum atomic E-state index is 5.78. The topological polar surface area (TPSA) is 50.9 Å². The largest absolute Gasteiger partial charge is 0.382 e. The minimum Gasteiger partial charge on any atom is -0.382 e. The fourth-order valence-corrected chi connectivity index (χ4v) is 3.38. The molecule has 90 valence electrons. The van der Waals surface area contributed by atoms with Gasteiger partial charge in [0.15, 0.2) is 5.82 Å². The van der Waals surface area contributed by atoms with Gasteiger partial charge in [0.25, 0.3) is 0 Å². The number of benzene rings is 1. The van der Waals surface area contributed by atoms with Crippen LogP contribution in [0.3, 0.4) is 0 Å². The predicted molar refractivity (Wildman–Crippen MR) is 79.8 cm³/mol. The molecule has 1 aromatic carbocycles. The Hall–Kier alpha value is -0.720. The Balaban J connectivity index is 2.10. The highest BCUT2D eigenvalue weighted by molar-refractivity contribution is 9.10. The number of hydrogen-bond donors (Lipinski definition) is 2. The van der Waals surface area contributed by atoms with Crippen molar-refractivity contribution >= 4 is 50.0 Å². The molecule has 6 heteroatoms. The van der Waals surface area contributed by atoms with E-state index >= 15 is 0 Å². The number of nitrogens with two attached hydrogens (primary N) is 1. The predicted octanol–water partition coefficient (Wildman–Crippen LogP) is 3.82. The van der Waals surface area contributed by atoms with Crippen LogP contribution in [-0.2, 0) is 6.54 Å². The number of nitrogens with one attached hydrogen (secondary N) is 1. The van der Waals surface area contributed by atoms with E-state index in [0.717, 1.165) is 20.9 Å². The van der Waals surface area contributed by atoms with E-state index in [0.29, 0.717) is 5.82 Å². The standard InChI is InChI=1S/C11H12BrN3S2/c1-16-9-10(13)15-17-11(9)14-6-7-4-2-3-5-8(7)12/h2-5,14H,6H2,1H3,(H2,13,15). The average molecular weight is 330 g/mol. The van der Waals surface area contributed by atoms with Gasteiger partial charge in [-0.2, -0.15) is 4.37 Å². The van der Waals surface area contributed by atoms with Crippen molar-refractivity contribution in [3.8, 4) is 0 Å². The number of nitrogens with zero attached hydrogens (tertiary/aromatic N) is 1. The van der Waals surface area contributed by atoms with E-state index in [9.17, 15) is 0 Å². The molecule has 2 aromatic rings. The number of rotatable bonds is 4. The van der Waals surface area contributed by atoms with Crippen molar-refractivity contribution in [1.29, 1.82) is 0 Å². The molecule has 3 nitrogen and oxygen atoms in total. The lowest BCUT2D eigenvalue weighted by molar-refractivity contribution is 1.14. The molecule has 1 heterocycles. The molecule has 0 saturated heterocycles. The van der Waals surface area contributed by atoms with Gasteiger partial charge in [0.2, 0.25) is 0 Å². The first-order chi connectivity index (χ1) is 8.22. The van der Waals surface area contributed by atoms with Crippen molar-refractivity contribution in [3.63, 3.8) is 0 Å². The zero-order valence-corrected chi connectivity index (χ0v) is 12.5. The van der Waals surface area contributed by atoms with E-state index in [1.54, 1.807) is 11.8 Å². The summed E-state index contributed by atoms with van der Waals surface area (Å²) >= 11 is 6.55. The Bertz CT molecular complexity index is 513. The van der Waals surface area contributed by atoms with E-state index in [1.165, 1.54) is 17.1 Å². The lowest BCUT2D eigenvalue weighted by Crippen LogP contribution is -1.99. The van der Waals surface area contributed by atoms with Crippen LogP contribution in [-0.4, -0.2) is 10.6 Å². The highest BCUT2D eigenvalue weighted by Crippen LogP contribution is 2.35. The zero-order chi connectivity index (χ0) is 12.3. The van der Waals surface area contributed by atoms with Crippen LogP contribution in [0.1, 0.15) is 5.56 Å². The van der Waals surface area contributed by atoms with Gasteiger partial charge in [0.1, 0.15) is 5.00 Å². The summed E-state index contributed by atoms with van der Waals surface area (Å²) < 4.78 is 5.25. The fraction of sp³-hybridized carbons (Fsp3) is 0.182. The smallest absolute Gasteiger partial charge is 0.153 e. The molecule has 0 aliphatic heterocycles. The summed E-state index contributed by atoms with van der Waals surface area (Å²) in [5.41, 5.74) is 6.99. The molecule has 2 rings (SSSR count). The van der Waals surface area contributed by atoms with Crippen molar-refractivity contribution in [3.05, 3.63) is 34.3 Å². The molecule has 0 fully saturated rings. The fourth-order valence-electron chi connectivity index (χ4n) is 1.42. The zero-order valence-electron chi connectivity index (χ0n) is 9.24. The first-order valence-electron chi connectivity index (χ1n) is 4.98. The summed E-state index contributed by atoms with van der Waals surface area (Å²) in [6, 6.07) is 8.15. The van der Waals surface area contributed by atoms with Gasteiger partial charge in [-0.05, 0) is 29.4 Å². The number of thioether (sulfide) groups is 1. The second-order valence-electron chi connectivity index (χ2n) is 3.38. The maximum Gasteiger partial charge on any atom is 0.153 e. The Morgan fingerprint density at radius 3 is 2.94 bits per heavy atom. The lowest BCUT2D eigenvalue weighted by atomic mass is 10.2. The van der Waals surface area contributed by atoms with Crippen LogP contribution >= 0.6 is 39.2 Å². The monoisotopic (exact) mass is 329 g/mol. The van der Waals surface area contributed by atoms with Crippen molar-refractivity contribution in [2.75, 3.05) is 17.3 Å². The van der Waals surface area contributed by atoms with Gasteiger partial charge in [-0.1, -0.05) is 34.1 Å². The van der Waals surface area contributed by atoms with Crippen molar-refractivity contribution in [2.45, 2.75) is 11.4 Å². The molecule has 0 amide bonds. The Morgan fingerprint density at radius 1 is 1.47 bits per heavy atom. The van der Waals surface area contributed by atoms with Gasteiger partial charge in [-0.3, -0.25) is 0 Å². The van der Waals surface area contributed by atoms with Gasteiger partial charge >= 0.3 is 0 Å². The summed E-state index contributed by atoms with van der Waals surface area (Å²) in [6.07, 6.45) is 2.00. The van der Waals surface area contributed by atoms with Crippen LogP contribution in [0, 0.1) is 0 Å². The molecule has 0 bridgehead atoms. The first kappa shape index (κ1) is 12.7. The van der Waals surface area contributed by atoms with Crippen LogP contribution in [0.15, 0.2) is 33.6 Å². The van der Waals surface area contributed by atoms with Gasteiger partial charge < -0.3 is 11.1 Å². The maximum absolute atomic E-state index is 5.78. The van der Waals surface area contributed by atoms with E-state index in [1.807, 2.05) is 24.5 Å². The molecule has 3 N–H and O–H groups in total. The number of anilines is 2. The van der Waals surface area contributed by atoms with E-state index in [-0.39, 0.29) is 0 Å². The summed E-state index contributed by atoms with van der Waals surface area (Å²) in [4.78, 5) is 1.03. The summed E-state index contributed by atoms with van der Waals surface area (Å²) in [5.74, 6) is 0.608. The van der Waals surface area contributed by atoms with Crippen molar-refractivity contribution in [1.82, 2.24) is 4.37 Å². The average Bonchev–Trinajstić information content (AvgIpc) is 2.69. The Labute approximate surface area is 117 Å². The van der Waals surface area contributed by atoms with Gasteiger partial charge in [0.05, 0.1) is 4.90 Å². The molecule has 0 spiro atoms. The van der Waals surface area contributed by atoms with Crippen LogP contribution in [0.25, 0.3) is 0 Å². The summed E-state index contributed by atoms with van der Waals surface area (Å²) in [7, 11) is 0. The van der Waals surface area contributed by atoms with Gasteiger partial charge in [-0.15, -0.1) is 11.8 Å². The molecule has 0 radical (unpaired) electrons. The Morgan fingerprint density at radius 2 is 2.24 bits per heavy atom. The Kier molecular flexibility index (Phi) is 4.31. The molecular weight excluding hydrogens is 318 g/mol. The lowest BCUT2D eigenvalue weighted by Gasteiger charge is -2.07. The normalized spacial score (nSPS) is 10.5. The molecule has 1 aromatic heterocycles. The minimum absolute atomic E-state index is 0.608. The summed E-state index contributed by atoms with van der Waals surface area (Å²) in [6.45, 7) is 0.761. The van der Waals surface area contributed by atoms with E-state index in [4.69, 9.17) is 5.73 Å². The van der Waals surface area contributed by atoms with E-state index in [2.05, 4.69) is 31.7 Å². The molecule has 0 aliphatic rings. The van der Waals surface area contributed by atoms with Crippen molar-refractivity contribution < 1.29 is 0 Å². The molecule has 0 unspecified atom stereocenters. The van der Waals surface area contributed by atoms with Crippen LogP contribution in [0.4, 0.5) is 10.8 Å². The third kappa shape index (κ3) is 2.94. The second-order valence-corrected chi connectivity index (χ2v) is 5.82. The van der Waals surface area contributed by atoms with E-state index < -0.39 is 0 Å². The van der Waals surface area contributed by atoms with Crippen LogP contribution in [0.5, 0.6) is 0 Å². The second kappa shape index (κ2) is 5.75. The first-order valence-corrected chi connectivity index (χ1v) is 7.78. The third-order valence-corrected chi connectivity index (χ3v) is 4.82. The van der Waals surface area contributed by atoms with Crippen molar-refractivity contribution in [2.24, 2.45) is 0 Å². The summed E-state index contributed by atoms with van der Waals surface area (Å²) in [5, 5.41) is 4.40. The highest BCUT2D eigenvalue weighted by atomic mass is 79.9. The van der Waals surface area contributed by atoms with Gasteiger partial charge in [0, 0.05) is 11.0 Å². The minimum atomic E-state index is 0.608. The molecule has 0 saturated carbocycles. The molecule has 17 heavy (non-hydrogen) atoms. The number of nitrogen functional groups attached to an aromatic ring is 1. The highest BCUT2D eigenvalue weighted by Gasteiger charge is 2.10. The molecule has 0 aliphatic carbocycles. The molecule has 0 atom stereocenters. The van der Waals surface area contributed by atoms with Crippen LogP contribution < -0.4 is 11.1 Å². The number of aromatic nitrogens is 1. The quantitative estimate of drug-likeness (QED) is 0.837. The van der Waals surface area contributed by atoms with Crippen LogP contribution in [0.2, 0.25) is 0 Å². The SMILES string of the molecule is CSc1c(N)nsc1NCc1ccccc1Br.